The highest BCUT2D eigenvalue weighted by Crippen LogP contribution is 2.41. The molecule has 0 aromatic heterocycles. The standard InChI is InChI=1S/C20H33IO3/c1-6-19(2,3)11-8-10-15-16(22)13-14(17(23)18(15)24)9-7-12-20(4,5)21/h13,22-24H,6-12H2,1-5H3. The number of hydrogen-bond acceptors (Lipinski definition) is 3. The summed E-state index contributed by atoms with van der Waals surface area (Å²) in [6.45, 7) is 11.0. The molecule has 3 N–H and O–H groups in total. The lowest BCUT2D eigenvalue weighted by Gasteiger charge is -2.22. The molecule has 1 rings (SSSR count). The number of alkyl halides is 1. The molecule has 0 aliphatic rings. The predicted octanol–water partition coefficient (Wildman–Crippen LogP) is 6.10. The van der Waals surface area contributed by atoms with E-state index in [1.165, 1.54) is 0 Å². The Labute approximate surface area is 160 Å². The molecular formula is C20H33IO3. The van der Waals surface area contributed by atoms with Crippen LogP contribution in [0.1, 0.15) is 77.8 Å². The zero-order valence-corrected chi connectivity index (χ0v) is 17.9. The maximum Gasteiger partial charge on any atom is 0.164 e. The van der Waals surface area contributed by atoms with Crippen molar-refractivity contribution in [2.24, 2.45) is 5.41 Å². The third kappa shape index (κ3) is 6.69. The summed E-state index contributed by atoms with van der Waals surface area (Å²) in [5.74, 6) is -0.111. The second-order valence-corrected chi connectivity index (χ2v) is 11.1. The Balaban J connectivity index is 2.78. The second kappa shape index (κ2) is 8.63. The van der Waals surface area contributed by atoms with Gasteiger partial charge in [0.2, 0.25) is 0 Å². The molecule has 0 amide bonds. The summed E-state index contributed by atoms with van der Waals surface area (Å²) in [5, 5.41) is 30.8. The summed E-state index contributed by atoms with van der Waals surface area (Å²) in [6.07, 6.45) is 6.16. The quantitative estimate of drug-likeness (QED) is 0.185. The van der Waals surface area contributed by atoms with E-state index in [1.807, 2.05) is 0 Å². The molecule has 0 aliphatic carbocycles. The van der Waals surface area contributed by atoms with Crippen LogP contribution >= 0.6 is 22.6 Å². The number of aryl methyl sites for hydroxylation is 1. The number of phenolic OH excluding ortho intramolecular Hbond substituents is 3. The van der Waals surface area contributed by atoms with Crippen LogP contribution in [0.5, 0.6) is 17.2 Å². The highest BCUT2D eigenvalue weighted by molar-refractivity contribution is 14.1. The largest absolute Gasteiger partial charge is 0.508 e. The highest BCUT2D eigenvalue weighted by Gasteiger charge is 2.20. The van der Waals surface area contributed by atoms with Crippen LogP contribution in [0.2, 0.25) is 0 Å². The average Bonchev–Trinajstić information content (AvgIpc) is 2.46. The fourth-order valence-corrected chi connectivity index (χ4v) is 3.17. The molecule has 0 saturated heterocycles. The minimum absolute atomic E-state index is 0.0659. The Kier molecular flexibility index (Phi) is 7.70. The third-order valence-corrected chi connectivity index (χ3v) is 5.43. The summed E-state index contributed by atoms with van der Waals surface area (Å²) in [6, 6.07) is 1.62. The maximum absolute atomic E-state index is 10.3. The van der Waals surface area contributed by atoms with Crippen LogP contribution in [-0.2, 0) is 12.8 Å². The van der Waals surface area contributed by atoms with Crippen LogP contribution < -0.4 is 0 Å². The van der Waals surface area contributed by atoms with Crippen LogP contribution in [-0.4, -0.2) is 18.7 Å². The van der Waals surface area contributed by atoms with Crippen molar-refractivity contribution < 1.29 is 15.3 Å². The summed E-state index contributed by atoms with van der Waals surface area (Å²) in [7, 11) is 0. The van der Waals surface area contributed by atoms with E-state index in [2.05, 4.69) is 57.2 Å². The van der Waals surface area contributed by atoms with Gasteiger partial charge in [0, 0.05) is 14.5 Å². The normalized spacial score (nSPS) is 12.6. The van der Waals surface area contributed by atoms with E-state index in [9.17, 15) is 15.3 Å². The molecule has 0 radical (unpaired) electrons. The minimum Gasteiger partial charge on any atom is -0.508 e. The smallest absolute Gasteiger partial charge is 0.164 e. The van der Waals surface area contributed by atoms with Gasteiger partial charge in [-0.05, 0) is 50.0 Å². The van der Waals surface area contributed by atoms with Gasteiger partial charge in [-0.2, -0.15) is 0 Å². The van der Waals surface area contributed by atoms with Crippen LogP contribution in [0.3, 0.4) is 0 Å². The Morgan fingerprint density at radius 3 is 2.04 bits per heavy atom. The molecule has 3 nitrogen and oxygen atoms in total. The number of rotatable bonds is 9. The summed E-state index contributed by atoms with van der Waals surface area (Å²) in [5.41, 5.74) is 1.36. The molecule has 1 aromatic rings. The lowest BCUT2D eigenvalue weighted by atomic mass is 9.84. The fraction of sp³-hybridized carbons (Fsp3) is 0.700. The molecule has 24 heavy (non-hydrogen) atoms. The predicted molar refractivity (Wildman–Crippen MR) is 109 cm³/mol. The second-order valence-electron chi connectivity index (χ2n) is 8.17. The number of phenols is 3. The van der Waals surface area contributed by atoms with Crippen LogP contribution in [0, 0.1) is 5.41 Å². The van der Waals surface area contributed by atoms with Crippen molar-refractivity contribution in [1.82, 2.24) is 0 Å². The van der Waals surface area contributed by atoms with E-state index in [1.54, 1.807) is 6.07 Å². The minimum atomic E-state index is -0.145. The first kappa shape index (κ1) is 21.4. The lowest BCUT2D eigenvalue weighted by molar-refractivity contribution is 0.310. The molecule has 4 heteroatoms. The molecule has 0 fully saturated rings. The van der Waals surface area contributed by atoms with E-state index in [0.717, 1.165) is 32.1 Å². The molecule has 0 unspecified atom stereocenters. The van der Waals surface area contributed by atoms with E-state index in [4.69, 9.17) is 0 Å². The van der Waals surface area contributed by atoms with Crippen molar-refractivity contribution >= 4 is 22.6 Å². The topological polar surface area (TPSA) is 60.7 Å². The van der Waals surface area contributed by atoms with Gasteiger partial charge in [0.15, 0.2) is 11.5 Å². The molecule has 0 spiro atoms. The molecule has 0 aliphatic heterocycles. The van der Waals surface area contributed by atoms with Gasteiger partial charge in [-0.25, -0.2) is 0 Å². The van der Waals surface area contributed by atoms with Crippen molar-refractivity contribution in [2.75, 3.05) is 0 Å². The van der Waals surface area contributed by atoms with Gasteiger partial charge in [-0.15, -0.1) is 0 Å². The third-order valence-electron chi connectivity index (χ3n) is 4.89. The van der Waals surface area contributed by atoms with Crippen molar-refractivity contribution in [2.45, 2.75) is 83.0 Å². The van der Waals surface area contributed by atoms with Gasteiger partial charge < -0.3 is 15.3 Å². The number of aromatic hydroxyl groups is 3. The van der Waals surface area contributed by atoms with Gasteiger partial charge in [-0.1, -0.05) is 63.6 Å². The molecule has 1 aromatic carbocycles. The van der Waals surface area contributed by atoms with Crippen molar-refractivity contribution in [1.29, 1.82) is 0 Å². The first-order valence-corrected chi connectivity index (χ1v) is 9.99. The number of benzene rings is 1. The fourth-order valence-electron chi connectivity index (χ4n) is 2.79. The zero-order valence-electron chi connectivity index (χ0n) is 15.7. The van der Waals surface area contributed by atoms with Gasteiger partial charge in [0.25, 0.3) is 0 Å². The lowest BCUT2D eigenvalue weighted by Crippen LogP contribution is -2.09. The summed E-state index contributed by atoms with van der Waals surface area (Å²) < 4.78 is 0.212. The first-order chi connectivity index (χ1) is 11.0. The monoisotopic (exact) mass is 448 g/mol. The molecule has 0 saturated carbocycles. The maximum atomic E-state index is 10.3. The number of halogens is 1. The van der Waals surface area contributed by atoms with Crippen LogP contribution in [0.25, 0.3) is 0 Å². The molecular weight excluding hydrogens is 415 g/mol. The average molecular weight is 448 g/mol. The van der Waals surface area contributed by atoms with Crippen molar-refractivity contribution in [3.05, 3.63) is 17.2 Å². The first-order valence-electron chi connectivity index (χ1n) is 8.91. The van der Waals surface area contributed by atoms with Gasteiger partial charge in [-0.3, -0.25) is 0 Å². The summed E-state index contributed by atoms with van der Waals surface area (Å²) in [4.78, 5) is 0. The van der Waals surface area contributed by atoms with Crippen LogP contribution in [0.4, 0.5) is 0 Å². The Hall–Kier alpha value is -0.650. The van der Waals surface area contributed by atoms with E-state index < -0.39 is 0 Å². The van der Waals surface area contributed by atoms with Gasteiger partial charge >= 0.3 is 0 Å². The van der Waals surface area contributed by atoms with Gasteiger partial charge in [0.05, 0.1) is 0 Å². The van der Waals surface area contributed by atoms with Crippen LogP contribution in [0.15, 0.2) is 6.07 Å². The van der Waals surface area contributed by atoms with Crippen molar-refractivity contribution in [3.63, 3.8) is 0 Å². The van der Waals surface area contributed by atoms with Crippen molar-refractivity contribution in [3.8, 4) is 17.2 Å². The molecule has 138 valence electrons. The highest BCUT2D eigenvalue weighted by atomic mass is 127. The molecule has 0 heterocycles. The van der Waals surface area contributed by atoms with E-state index in [-0.39, 0.29) is 26.1 Å². The Morgan fingerprint density at radius 2 is 1.50 bits per heavy atom. The van der Waals surface area contributed by atoms with Gasteiger partial charge in [0.1, 0.15) is 5.75 Å². The SMILES string of the molecule is CCC(C)(C)CCCc1c(O)cc(CCCC(C)(C)I)c(O)c1O. The number of hydrogen-bond donors (Lipinski definition) is 3. The molecule has 0 atom stereocenters. The zero-order chi connectivity index (χ0) is 18.5. The Bertz CT molecular complexity index is 545. The molecule has 0 bridgehead atoms. The van der Waals surface area contributed by atoms with E-state index >= 15 is 0 Å². The summed E-state index contributed by atoms with van der Waals surface area (Å²) >= 11 is 2.41. The Morgan fingerprint density at radius 1 is 0.917 bits per heavy atom. The van der Waals surface area contributed by atoms with E-state index in [0.29, 0.717) is 24.0 Å².